The summed E-state index contributed by atoms with van der Waals surface area (Å²) in [6.07, 6.45) is 5.30. The quantitative estimate of drug-likeness (QED) is 0.768. The van der Waals surface area contributed by atoms with Crippen molar-refractivity contribution in [3.05, 3.63) is 42.5 Å². The van der Waals surface area contributed by atoms with E-state index in [1.807, 2.05) is 29.9 Å². The lowest BCUT2D eigenvalue weighted by atomic mass is 10.1. The molecule has 6 nitrogen and oxygen atoms in total. The predicted molar refractivity (Wildman–Crippen MR) is 80.3 cm³/mol. The van der Waals surface area contributed by atoms with Crippen molar-refractivity contribution in [2.75, 3.05) is 11.1 Å². The molecule has 7 heteroatoms. The average molecular weight is 286 g/mol. The van der Waals surface area contributed by atoms with Gasteiger partial charge < -0.3 is 11.1 Å². The first-order valence-corrected chi connectivity index (χ1v) is 6.89. The Morgan fingerprint density at radius 3 is 2.95 bits per heavy atom. The van der Waals surface area contributed by atoms with Crippen molar-refractivity contribution in [1.29, 1.82) is 0 Å². The number of aryl methyl sites for hydroxylation is 1. The van der Waals surface area contributed by atoms with E-state index >= 15 is 0 Å². The fourth-order valence-electron chi connectivity index (χ4n) is 1.96. The van der Waals surface area contributed by atoms with E-state index in [2.05, 4.69) is 19.8 Å². The van der Waals surface area contributed by atoms with E-state index in [4.69, 9.17) is 5.73 Å². The van der Waals surface area contributed by atoms with Crippen LogP contribution >= 0.6 is 11.5 Å². The Bertz CT molecular complexity index is 703. The smallest absolute Gasteiger partial charge is 0.147 e. The summed E-state index contributed by atoms with van der Waals surface area (Å²) >= 11 is 1.36. The minimum absolute atomic E-state index is 0.524. The lowest BCUT2D eigenvalue weighted by Crippen LogP contribution is -2.05. The number of nitrogens with two attached hydrogens (primary N) is 1. The molecule has 3 N–H and O–H groups in total. The molecule has 20 heavy (non-hydrogen) atoms. The van der Waals surface area contributed by atoms with Gasteiger partial charge in [0.15, 0.2) is 0 Å². The first-order valence-electron chi connectivity index (χ1n) is 6.12. The van der Waals surface area contributed by atoms with Crippen LogP contribution in [0.3, 0.4) is 0 Å². The molecule has 0 saturated carbocycles. The number of hydrogen-bond donors (Lipinski definition) is 2. The van der Waals surface area contributed by atoms with Gasteiger partial charge in [-0.05, 0) is 23.7 Å². The fourth-order valence-corrected chi connectivity index (χ4v) is 2.69. The van der Waals surface area contributed by atoms with Gasteiger partial charge in [0.2, 0.25) is 0 Å². The van der Waals surface area contributed by atoms with Gasteiger partial charge in [0.25, 0.3) is 0 Å². The SMILES string of the molecule is Cn1nccc1CNc1snc(N)c1-c1cccnc1. The van der Waals surface area contributed by atoms with Gasteiger partial charge in [-0.15, -0.1) is 0 Å². The largest absolute Gasteiger partial charge is 0.382 e. The summed E-state index contributed by atoms with van der Waals surface area (Å²) in [6.45, 7) is 0.672. The molecule has 0 fully saturated rings. The summed E-state index contributed by atoms with van der Waals surface area (Å²) in [7, 11) is 1.92. The maximum Gasteiger partial charge on any atom is 0.147 e. The van der Waals surface area contributed by atoms with Crippen molar-refractivity contribution in [2.45, 2.75) is 6.54 Å². The second kappa shape index (κ2) is 5.30. The van der Waals surface area contributed by atoms with Crippen molar-refractivity contribution < 1.29 is 0 Å². The van der Waals surface area contributed by atoms with Gasteiger partial charge in [-0.25, -0.2) is 0 Å². The summed E-state index contributed by atoms with van der Waals surface area (Å²) in [5, 5.41) is 8.45. The monoisotopic (exact) mass is 286 g/mol. The highest BCUT2D eigenvalue weighted by Gasteiger charge is 2.13. The highest BCUT2D eigenvalue weighted by atomic mass is 32.1. The van der Waals surface area contributed by atoms with Gasteiger partial charge in [-0.3, -0.25) is 9.67 Å². The van der Waals surface area contributed by atoms with Gasteiger partial charge in [0, 0.05) is 31.2 Å². The molecule has 0 amide bonds. The van der Waals surface area contributed by atoms with Crippen molar-refractivity contribution in [3.8, 4) is 11.1 Å². The van der Waals surface area contributed by atoms with E-state index in [0.29, 0.717) is 12.4 Å². The van der Waals surface area contributed by atoms with Crippen molar-refractivity contribution in [1.82, 2.24) is 19.1 Å². The van der Waals surface area contributed by atoms with Gasteiger partial charge in [0.05, 0.1) is 17.8 Å². The number of nitrogen functional groups attached to an aromatic ring is 1. The zero-order valence-electron chi connectivity index (χ0n) is 10.9. The van der Waals surface area contributed by atoms with Gasteiger partial charge >= 0.3 is 0 Å². The molecule has 0 aliphatic rings. The summed E-state index contributed by atoms with van der Waals surface area (Å²) < 4.78 is 6.06. The number of anilines is 2. The number of nitrogens with one attached hydrogen (secondary N) is 1. The molecule has 3 rings (SSSR count). The predicted octanol–water partition coefficient (Wildman–Crippen LogP) is 2.13. The Morgan fingerprint density at radius 2 is 2.25 bits per heavy atom. The highest BCUT2D eigenvalue weighted by Crippen LogP contribution is 2.36. The summed E-state index contributed by atoms with van der Waals surface area (Å²) in [4.78, 5) is 4.13. The Morgan fingerprint density at radius 1 is 1.35 bits per heavy atom. The van der Waals surface area contributed by atoms with Gasteiger partial charge in [-0.1, -0.05) is 6.07 Å². The van der Waals surface area contributed by atoms with Gasteiger partial charge in [0.1, 0.15) is 10.8 Å². The van der Waals surface area contributed by atoms with Crippen LogP contribution in [0.5, 0.6) is 0 Å². The number of aromatic nitrogens is 4. The lowest BCUT2D eigenvalue weighted by Gasteiger charge is -2.07. The first-order chi connectivity index (χ1) is 9.75. The third kappa shape index (κ3) is 2.35. The van der Waals surface area contributed by atoms with Crippen molar-refractivity contribution in [3.63, 3.8) is 0 Å². The summed E-state index contributed by atoms with van der Waals surface area (Å²) in [6, 6.07) is 5.83. The maximum atomic E-state index is 5.97. The average Bonchev–Trinajstić information content (AvgIpc) is 3.03. The van der Waals surface area contributed by atoms with Crippen molar-refractivity contribution >= 4 is 22.4 Å². The molecule has 0 aromatic carbocycles. The van der Waals surface area contributed by atoms with Gasteiger partial charge in [-0.2, -0.15) is 9.47 Å². The fraction of sp³-hybridized carbons (Fsp3) is 0.154. The molecule has 0 atom stereocenters. The number of pyridine rings is 1. The molecule has 0 unspecified atom stereocenters. The number of nitrogens with zero attached hydrogens (tertiary/aromatic N) is 4. The van der Waals surface area contributed by atoms with E-state index < -0.39 is 0 Å². The first kappa shape index (κ1) is 12.6. The summed E-state index contributed by atoms with van der Waals surface area (Å²) in [5.74, 6) is 0.524. The zero-order valence-corrected chi connectivity index (χ0v) is 11.8. The van der Waals surface area contributed by atoms with Crippen LogP contribution < -0.4 is 11.1 Å². The van der Waals surface area contributed by atoms with Crippen LogP contribution in [0.15, 0.2) is 36.8 Å². The third-order valence-electron chi connectivity index (χ3n) is 3.02. The second-order valence-electron chi connectivity index (χ2n) is 4.31. The number of hydrogen-bond acceptors (Lipinski definition) is 6. The molecule has 0 saturated heterocycles. The standard InChI is InChI=1S/C13H14N6S/c1-19-10(4-6-17-19)8-16-13-11(12(14)18-20-13)9-3-2-5-15-7-9/h2-7,16H,8H2,1H3,(H2,14,18). The topological polar surface area (TPSA) is 81.7 Å². The van der Waals surface area contributed by atoms with Crippen molar-refractivity contribution in [2.24, 2.45) is 7.05 Å². The summed E-state index contributed by atoms with van der Waals surface area (Å²) in [5.41, 5.74) is 8.93. The number of rotatable bonds is 4. The molecular weight excluding hydrogens is 272 g/mol. The van der Waals surface area contributed by atoms with Crippen LogP contribution in [0, 0.1) is 0 Å². The molecule has 0 aliphatic heterocycles. The molecule has 102 valence electrons. The normalized spacial score (nSPS) is 10.7. The molecule has 0 aliphatic carbocycles. The minimum atomic E-state index is 0.524. The molecule has 0 radical (unpaired) electrons. The molecule has 3 aromatic heterocycles. The minimum Gasteiger partial charge on any atom is -0.382 e. The van der Waals surface area contributed by atoms with E-state index in [9.17, 15) is 0 Å². The van der Waals surface area contributed by atoms with E-state index in [0.717, 1.165) is 21.8 Å². The van der Waals surface area contributed by atoms with E-state index in [1.54, 1.807) is 18.6 Å². The van der Waals surface area contributed by atoms with Crippen LogP contribution in [0.2, 0.25) is 0 Å². The molecule has 0 spiro atoms. The Balaban J connectivity index is 1.86. The zero-order chi connectivity index (χ0) is 13.9. The van der Waals surface area contributed by atoms with Crippen LogP contribution in [-0.2, 0) is 13.6 Å². The second-order valence-corrected chi connectivity index (χ2v) is 5.09. The Kier molecular flexibility index (Phi) is 3.34. The van der Waals surface area contributed by atoms with E-state index in [-0.39, 0.29) is 0 Å². The molecule has 3 aromatic rings. The van der Waals surface area contributed by atoms with Crippen LogP contribution in [-0.4, -0.2) is 19.1 Å². The molecular formula is C13H14N6S. The molecule has 0 bridgehead atoms. The Hall–Kier alpha value is -2.41. The third-order valence-corrected chi connectivity index (χ3v) is 3.84. The molecule has 3 heterocycles. The van der Waals surface area contributed by atoms with Crippen LogP contribution in [0.25, 0.3) is 11.1 Å². The lowest BCUT2D eigenvalue weighted by molar-refractivity contribution is 0.721. The highest BCUT2D eigenvalue weighted by molar-refractivity contribution is 7.11. The van der Waals surface area contributed by atoms with E-state index in [1.165, 1.54) is 11.5 Å². The Labute approximate surface area is 120 Å². The van der Waals surface area contributed by atoms with Crippen LogP contribution in [0.4, 0.5) is 10.8 Å². The maximum absolute atomic E-state index is 5.97. The van der Waals surface area contributed by atoms with Crippen LogP contribution in [0.1, 0.15) is 5.69 Å².